The number of carbonyl (C=O) groups is 1. The third-order valence-corrected chi connectivity index (χ3v) is 6.05. The number of hydrogen-bond acceptors (Lipinski definition) is 2. The average Bonchev–Trinajstić information content (AvgIpc) is 2.79. The molecule has 0 aliphatic heterocycles. The van der Waals surface area contributed by atoms with E-state index < -0.39 is 0 Å². The van der Waals surface area contributed by atoms with Crippen LogP contribution in [0.5, 0.6) is 0 Å². The predicted octanol–water partition coefficient (Wildman–Crippen LogP) is 3.69. The Morgan fingerprint density at radius 2 is 1.39 bits per heavy atom. The summed E-state index contributed by atoms with van der Waals surface area (Å²) in [5.41, 5.74) is -0.0443. The molecule has 0 saturated heterocycles. The van der Waals surface area contributed by atoms with Gasteiger partial charge in [0.25, 0.3) is 0 Å². The van der Waals surface area contributed by atoms with Crippen molar-refractivity contribution in [2.75, 3.05) is 0 Å². The van der Waals surface area contributed by atoms with E-state index in [-0.39, 0.29) is 17.5 Å². The van der Waals surface area contributed by atoms with E-state index in [0.29, 0.717) is 0 Å². The summed E-state index contributed by atoms with van der Waals surface area (Å²) < 4.78 is 5.86. The summed E-state index contributed by atoms with van der Waals surface area (Å²) in [7, 11) is 0. The maximum absolute atomic E-state index is 12.6. The average molecular weight is 248 g/mol. The van der Waals surface area contributed by atoms with E-state index in [1.807, 2.05) is 0 Å². The molecule has 0 atom stereocenters. The molecule has 5 aliphatic rings. The standard InChI is InChI=1S/C16H24O2/c17-15(18-14-3-1-2-4-14)16-8-11-5-12(9-16)7-13(6-11)10-16/h11-14H,1-10H2. The summed E-state index contributed by atoms with van der Waals surface area (Å²) in [4.78, 5) is 12.6. The zero-order valence-corrected chi connectivity index (χ0v) is 11.2. The van der Waals surface area contributed by atoms with Crippen LogP contribution >= 0.6 is 0 Å². The molecule has 0 radical (unpaired) electrons. The van der Waals surface area contributed by atoms with Gasteiger partial charge in [0.2, 0.25) is 0 Å². The minimum atomic E-state index is -0.0443. The van der Waals surface area contributed by atoms with Crippen LogP contribution in [0.2, 0.25) is 0 Å². The Morgan fingerprint density at radius 3 is 1.89 bits per heavy atom. The normalized spacial score (nSPS) is 46.6. The van der Waals surface area contributed by atoms with Gasteiger partial charge in [0.1, 0.15) is 6.10 Å². The summed E-state index contributed by atoms with van der Waals surface area (Å²) in [5.74, 6) is 2.71. The monoisotopic (exact) mass is 248 g/mol. The summed E-state index contributed by atoms with van der Waals surface area (Å²) >= 11 is 0. The SMILES string of the molecule is O=C(OC1CCCC1)C12CC3CC(CC(C3)C1)C2. The smallest absolute Gasteiger partial charge is 0.312 e. The van der Waals surface area contributed by atoms with E-state index in [2.05, 4.69) is 0 Å². The topological polar surface area (TPSA) is 26.3 Å². The molecule has 5 aliphatic carbocycles. The quantitative estimate of drug-likeness (QED) is 0.697. The van der Waals surface area contributed by atoms with E-state index >= 15 is 0 Å². The van der Waals surface area contributed by atoms with Gasteiger partial charge in [0.15, 0.2) is 0 Å². The molecule has 0 amide bonds. The molecule has 5 saturated carbocycles. The maximum Gasteiger partial charge on any atom is 0.312 e. The van der Waals surface area contributed by atoms with Gasteiger partial charge < -0.3 is 4.74 Å². The van der Waals surface area contributed by atoms with Crippen molar-refractivity contribution in [3.8, 4) is 0 Å². The molecule has 0 aromatic rings. The molecule has 2 nitrogen and oxygen atoms in total. The fraction of sp³-hybridized carbons (Fsp3) is 0.938. The Hall–Kier alpha value is -0.530. The van der Waals surface area contributed by atoms with E-state index in [9.17, 15) is 4.79 Å². The van der Waals surface area contributed by atoms with Gasteiger partial charge in [0, 0.05) is 0 Å². The van der Waals surface area contributed by atoms with E-state index in [1.54, 1.807) is 0 Å². The van der Waals surface area contributed by atoms with Crippen LogP contribution in [0.1, 0.15) is 64.2 Å². The minimum absolute atomic E-state index is 0.0443. The van der Waals surface area contributed by atoms with Crippen LogP contribution in [-0.2, 0) is 9.53 Å². The van der Waals surface area contributed by atoms with Gasteiger partial charge in [-0.1, -0.05) is 0 Å². The molecule has 5 rings (SSSR count). The third-order valence-electron chi connectivity index (χ3n) is 6.05. The maximum atomic E-state index is 12.6. The second-order valence-corrected chi connectivity index (χ2v) is 7.51. The zero-order valence-electron chi connectivity index (χ0n) is 11.2. The lowest BCUT2D eigenvalue weighted by Gasteiger charge is -2.55. The molecule has 0 heterocycles. The molecule has 0 aromatic heterocycles. The first-order valence-corrected chi connectivity index (χ1v) is 7.95. The highest BCUT2D eigenvalue weighted by Crippen LogP contribution is 2.60. The lowest BCUT2D eigenvalue weighted by molar-refractivity contribution is -0.176. The van der Waals surface area contributed by atoms with Gasteiger partial charge in [0.05, 0.1) is 5.41 Å². The van der Waals surface area contributed by atoms with Crippen molar-refractivity contribution in [2.45, 2.75) is 70.3 Å². The molecule has 0 aromatic carbocycles. The van der Waals surface area contributed by atoms with Crippen molar-refractivity contribution in [3.05, 3.63) is 0 Å². The van der Waals surface area contributed by atoms with Crippen LogP contribution in [0, 0.1) is 23.2 Å². The first-order chi connectivity index (χ1) is 8.73. The lowest BCUT2D eigenvalue weighted by atomic mass is 9.49. The summed E-state index contributed by atoms with van der Waals surface area (Å²) in [6.45, 7) is 0. The van der Waals surface area contributed by atoms with Crippen LogP contribution < -0.4 is 0 Å². The van der Waals surface area contributed by atoms with Crippen molar-refractivity contribution in [1.82, 2.24) is 0 Å². The van der Waals surface area contributed by atoms with Gasteiger partial charge in [-0.3, -0.25) is 4.79 Å². The van der Waals surface area contributed by atoms with Crippen molar-refractivity contribution >= 4 is 5.97 Å². The molecule has 5 fully saturated rings. The molecule has 0 N–H and O–H groups in total. The molecule has 18 heavy (non-hydrogen) atoms. The van der Waals surface area contributed by atoms with Crippen LogP contribution in [0.15, 0.2) is 0 Å². The Bertz CT molecular complexity index is 319. The Balaban J connectivity index is 1.50. The number of esters is 1. The van der Waals surface area contributed by atoms with Crippen molar-refractivity contribution in [1.29, 1.82) is 0 Å². The lowest BCUT2D eigenvalue weighted by Crippen LogP contribution is -2.51. The van der Waals surface area contributed by atoms with Crippen LogP contribution in [-0.4, -0.2) is 12.1 Å². The zero-order chi connectivity index (χ0) is 12.2. The van der Waals surface area contributed by atoms with Crippen LogP contribution in [0.25, 0.3) is 0 Å². The fourth-order valence-electron chi connectivity index (χ4n) is 5.64. The molecule has 0 unspecified atom stereocenters. The second-order valence-electron chi connectivity index (χ2n) is 7.51. The highest BCUT2D eigenvalue weighted by atomic mass is 16.5. The molecule has 2 heteroatoms. The third kappa shape index (κ3) is 1.71. The molecule has 0 spiro atoms. The van der Waals surface area contributed by atoms with Gasteiger partial charge in [-0.25, -0.2) is 0 Å². The van der Waals surface area contributed by atoms with Gasteiger partial charge >= 0.3 is 5.97 Å². The highest BCUT2D eigenvalue weighted by Gasteiger charge is 2.55. The largest absolute Gasteiger partial charge is 0.462 e. The van der Waals surface area contributed by atoms with Crippen LogP contribution in [0.3, 0.4) is 0 Å². The number of hydrogen-bond donors (Lipinski definition) is 0. The molecule has 4 bridgehead atoms. The second kappa shape index (κ2) is 3.98. The number of rotatable bonds is 2. The predicted molar refractivity (Wildman–Crippen MR) is 69.0 cm³/mol. The van der Waals surface area contributed by atoms with E-state index in [0.717, 1.165) is 49.9 Å². The Kier molecular flexibility index (Phi) is 2.50. The van der Waals surface area contributed by atoms with Crippen molar-refractivity contribution in [2.24, 2.45) is 23.2 Å². The summed E-state index contributed by atoms with van der Waals surface area (Å²) in [6.07, 6.45) is 12.6. The summed E-state index contributed by atoms with van der Waals surface area (Å²) in [5, 5.41) is 0. The molecular formula is C16H24O2. The van der Waals surface area contributed by atoms with Gasteiger partial charge in [-0.2, -0.15) is 0 Å². The number of carbonyl (C=O) groups excluding carboxylic acids is 1. The van der Waals surface area contributed by atoms with Crippen molar-refractivity contribution < 1.29 is 9.53 Å². The molecular weight excluding hydrogens is 224 g/mol. The molecule has 100 valence electrons. The minimum Gasteiger partial charge on any atom is -0.462 e. The number of ether oxygens (including phenoxy) is 1. The van der Waals surface area contributed by atoms with E-state index in [1.165, 1.54) is 32.1 Å². The first-order valence-electron chi connectivity index (χ1n) is 7.95. The van der Waals surface area contributed by atoms with Gasteiger partial charge in [-0.15, -0.1) is 0 Å². The summed E-state index contributed by atoms with van der Waals surface area (Å²) in [6, 6.07) is 0. The highest BCUT2D eigenvalue weighted by molar-refractivity contribution is 5.77. The van der Waals surface area contributed by atoms with Crippen molar-refractivity contribution in [3.63, 3.8) is 0 Å². The van der Waals surface area contributed by atoms with Crippen LogP contribution in [0.4, 0.5) is 0 Å². The Labute approximate surface area is 109 Å². The Morgan fingerprint density at radius 1 is 0.889 bits per heavy atom. The fourth-order valence-corrected chi connectivity index (χ4v) is 5.64. The van der Waals surface area contributed by atoms with E-state index in [4.69, 9.17) is 4.74 Å². The first kappa shape index (κ1) is 11.3. The van der Waals surface area contributed by atoms with Gasteiger partial charge in [-0.05, 0) is 82.0 Å².